The summed E-state index contributed by atoms with van der Waals surface area (Å²) in [6.45, 7) is 2.20. The number of rotatable bonds is 5. The summed E-state index contributed by atoms with van der Waals surface area (Å²) in [6.07, 6.45) is -4.36. The van der Waals surface area contributed by atoms with Gasteiger partial charge in [0, 0.05) is 18.4 Å². The molecule has 5 rings (SSSR count). The SMILES string of the molecule is CCNC(=O)Nc1nc2ccc(-c3cc(Cc4n[nH]c(=O)c5ccccc45)ccc3C(F)(F)F)cc2[nH]1. The average molecular weight is 506 g/mol. The monoisotopic (exact) mass is 506 g/mol. The lowest BCUT2D eigenvalue weighted by atomic mass is 9.94. The molecule has 0 radical (unpaired) electrons. The number of nitrogens with zero attached hydrogens (tertiary/aromatic N) is 2. The van der Waals surface area contributed by atoms with Crippen molar-refractivity contribution in [2.24, 2.45) is 0 Å². The second kappa shape index (κ2) is 9.41. The Morgan fingerprint density at radius 2 is 1.81 bits per heavy atom. The first-order chi connectivity index (χ1) is 17.7. The molecule has 2 aromatic heterocycles. The average Bonchev–Trinajstić information content (AvgIpc) is 3.26. The van der Waals surface area contributed by atoms with Gasteiger partial charge in [0.1, 0.15) is 0 Å². The van der Waals surface area contributed by atoms with E-state index in [2.05, 4.69) is 30.8 Å². The fourth-order valence-electron chi connectivity index (χ4n) is 4.24. The summed E-state index contributed by atoms with van der Waals surface area (Å²) in [4.78, 5) is 31.1. The van der Waals surface area contributed by atoms with Crippen LogP contribution in [-0.4, -0.2) is 32.7 Å². The number of aromatic nitrogens is 4. The van der Waals surface area contributed by atoms with Crippen LogP contribution >= 0.6 is 0 Å². The Balaban J connectivity index is 1.55. The van der Waals surface area contributed by atoms with Crippen LogP contribution in [0.1, 0.15) is 23.7 Å². The summed E-state index contributed by atoms with van der Waals surface area (Å²) in [5, 5.41) is 12.8. The number of H-pyrrole nitrogens is 2. The summed E-state index contributed by atoms with van der Waals surface area (Å²) in [7, 11) is 0. The van der Waals surface area contributed by atoms with Gasteiger partial charge in [-0.15, -0.1) is 0 Å². The van der Waals surface area contributed by atoms with E-state index in [1.807, 2.05) is 0 Å². The number of hydrogen-bond acceptors (Lipinski definition) is 4. The minimum Gasteiger partial charge on any atom is -0.338 e. The first-order valence-corrected chi connectivity index (χ1v) is 11.4. The summed E-state index contributed by atoms with van der Waals surface area (Å²) < 4.78 is 41.9. The number of urea groups is 1. The Hall–Kier alpha value is -4.67. The lowest BCUT2D eigenvalue weighted by molar-refractivity contribution is -0.137. The first kappa shape index (κ1) is 24.0. The van der Waals surface area contributed by atoms with E-state index >= 15 is 0 Å². The van der Waals surface area contributed by atoms with E-state index in [1.54, 1.807) is 49.4 Å². The van der Waals surface area contributed by atoms with E-state index in [4.69, 9.17) is 0 Å². The minimum atomic E-state index is -4.58. The van der Waals surface area contributed by atoms with Crippen molar-refractivity contribution in [3.05, 3.63) is 87.8 Å². The van der Waals surface area contributed by atoms with Crippen molar-refractivity contribution in [2.45, 2.75) is 19.5 Å². The standard InChI is InChI=1S/C26H21F3N6O2/c1-2-30-25(37)33-24-31-20-10-8-15(13-22(20)32-24)18-11-14(7-9-19(18)26(27,28)29)12-21-16-5-3-4-6-17(16)23(36)35-34-21/h3-11,13H,2,12H2,1H3,(H,35,36)(H3,30,31,32,33,37). The van der Waals surface area contributed by atoms with Crippen LogP contribution < -0.4 is 16.2 Å². The van der Waals surface area contributed by atoms with Gasteiger partial charge in [0.05, 0.1) is 27.7 Å². The molecular weight excluding hydrogens is 485 g/mol. The Labute approximate surface area is 207 Å². The molecule has 3 aromatic carbocycles. The topological polar surface area (TPSA) is 116 Å². The molecule has 8 nitrogen and oxygen atoms in total. The molecule has 0 fully saturated rings. The normalized spacial score (nSPS) is 11.7. The lowest BCUT2D eigenvalue weighted by Gasteiger charge is -2.15. The number of imidazole rings is 1. The van der Waals surface area contributed by atoms with Gasteiger partial charge in [-0.1, -0.05) is 36.4 Å². The van der Waals surface area contributed by atoms with E-state index in [9.17, 15) is 22.8 Å². The zero-order valence-corrected chi connectivity index (χ0v) is 19.5. The smallest absolute Gasteiger partial charge is 0.338 e. The van der Waals surface area contributed by atoms with Gasteiger partial charge in [-0.2, -0.15) is 18.3 Å². The minimum absolute atomic E-state index is 0.00605. The van der Waals surface area contributed by atoms with Crippen LogP contribution in [0.5, 0.6) is 0 Å². The number of anilines is 1. The molecule has 4 N–H and O–H groups in total. The number of aromatic amines is 2. The van der Waals surface area contributed by atoms with Crippen LogP contribution in [0, 0.1) is 0 Å². The quantitative estimate of drug-likeness (QED) is 0.262. The number of amides is 2. The molecule has 0 saturated heterocycles. The molecule has 5 aromatic rings. The molecule has 2 amide bonds. The highest BCUT2D eigenvalue weighted by Crippen LogP contribution is 2.38. The van der Waals surface area contributed by atoms with Crippen LogP contribution in [0.2, 0.25) is 0 Å². The van der Waals surface area contributed by atoms with Gasteiger partial charge in [0.15, 0.2) is 0 Å². The van der Waals surface area contributed by atoms with E-state index in [1.165, 1.54) is 12.1 Å². The maximum atomic E-state index is 14.0. The number of halogens is 3. The van der Waals surface area contributed by atoms with Gasteiger partial charge < -0.3 is 10.3 Å². The third kappa shape index (κ3) is 4.88. The molecule has 0 aliphatic carbocycles. The van der Waals surface area contributed by atoms with Gasteiger partial charge in [-0.25, -0.2) is 14.9 Å². The highest BCUT2D eigenvalue weighted by Gasteiger charge is 2.34. The number of fused-ring (bicyclic) bond motifs is 2. The van der Waals surface area contributed by atoms with Crippen LogP contribution in [0.4, 0.5) is 23.9 Å². The summed E-state index contributed by atoms with van der Waals surface area (Å²) in [6, 6.07) is 15.2. The number of alkyl halides is 3. The molecule has 188 valence electrons. The fraction of sp³-hybridized carbons (Fsp3) is 0.154. The van der Waals surface area contributed by atoms with Crippen LogP contribution in [0.15, 0.2) is 65.5 Å². The molecule has 0 aliphatic rings. The van der Waals surface area contributed by atoms with Gasteiger partial charge in [0.25, 0.3) is 5.56 Å². The van der Waals surface area contributed by atoms with Crippen molar-refractivity contribution < 1.29 is 18.0 Å². The predicted molar refractivity (Wildman–Crippen MR) is 134 cm³/mol. The number of benzene rings is 3. The molecule has 0 saturated carbocycles. The molecule has 0 aliphatic heterocycles. The Morgan fingerprint density at radius 3 is 2.57 bits per heavy atom. The van der Waals surface area contributed by atoms with Gasteiger partial charge in [0.2, 0.25) is 5.95 Å². The fourth-order valence-corrected chi connectivity index (χ4v) is 4.24. The van der Waals surface area contributed by atoms with Gasteiger partial charge in [-0.3, -0.25) is 10.1 Å². The molecule has 37 heavy (non-hydrogen) atoms. The third-order valence-electron chi connectivity index (χ3n) is 5.90. The second-order valence-corrected chi connectivity index (χ2v) is 8.40. The largest absolute Gasteiger partial charge is 0.417 e. The molecule has 0 atom stereocenters. The zero-order valence-electron chi connectivity index (χ0n) is 19.5. The maximum absolute atomic E-state index is 14.0. The molecular formula is C26H21F3N6O2. The highest BCUT2D eigenvalue weighted by molar-refractivity contribution is 5.91. The second-order valence-electron chi connectivity index (χ2n) is 8.40. The van der Waals surface area contributed by atoms with Gasteiger partial charge in [-0.05, 0) is 47.9 Å². The van der Waals surface area contributed by atoms with Crippen molar-refractivity contribution in [1.82, 2.24) is 25.5 Å². The predicted octanol–water partition coefficient (Wildman–Crippen LogP) is 5.22. The third-order valence-corrected chi connectivity index (χ3v) is 5.90. The molecule has 11 heteroatoms. The zero-order chi connectivity index (χ0) is 26.2. The first-order valence-electron chi connectivity index (χ1n) is 11.4. The number of hydrogen-bond donors (Lipinski definition) is 4. The number of carbonyl (C=O) groups excluding carboxylic acids is 1. The van der Waals surface area contributed by atoms with E-state index in [0.717, 1.165) is 6.07 Å². The molecule has 0 bridgehead atoms. The molecule has 2 heterocycles. The molecule has 0 spiro atoms. The summed E-state index contributed by atoms with van der Waals surface area (Å²) in [5.74, 6) is 0.180. The van der Waals surface area contributed by atoms with Crippen molar-refractivity contribution in [2.75, 3.05) is 11.9 Å². The summed E-state index contributed by atoms with van der Waals surface area (Å²) in [5.41, 5.74) is 1.31. The van der Waals surface area contributed by atoms with E-state index < -0.39 is 17.8 Å². The van der Waals surface area contributed by atoms with Crippen molar-refractivity contribution in [3.8, 4) is 11.1 Å². The van der Waals surface area contributed by atoms with Crippen molar-refractivity contribution >= 4 is 33.8 Å². The number of nitrogens with one attached hydrogen (secondary N) is 4. The summed E-state index contributed by atoms with van der Waals surface area (Å²) >= 11 is 0. The Kier molecular flexibility index (Phi) is 6.12. The Bertz CT molecular complexity index is 1690. The maximum Gasteiger partial charge on any atom is 0.417 e. The van der Waals surface area contributed by atoms with Crippen LogP contribution in [0.25, 0.3) is 32.9 Å². The van der Waals surface area contributed by atoms with Crippen molar-refractivity contribution in [1.29, 1.82) is 0 Å². The van der Waals surface area contributed by atoms with Crippen LogP contribution in [0.3, 0.4) is 0 Å². The van der Waals surface area contributed by atoms with E-state index in [-0.39, 0.29) is 23.5 Å². The highest BCUT2D eigenvalue weighted by atomic mass is 19.4. The van der Waals surface area contributed by atoms with Crippen molar-refractivity contribution in [3.63, 3.8) is 0 Å². The van der Waals surface area contributed by atoms with E-state index in [0.29, 0.717) is 45.2 Å². The van der Waals surface area contributed by atoms with Gasteiger partial charge >= 0.3 is 12.2 Å². The Morgan fingerprint density at radius 1 is 1.03 bits per heavy atom. The van der Waals surface area contributed by atoms with Crippen LogP contribution in [-0.2, 0) is 12.6 Å². The number of carbonyl (C=O) groups is 1. The lowest BCUT2D eigenvalue weighted by Crippen LogP contribution is -2.28. The molecule has 0 unspecified atom stereocenters.